The molecule has 13 heavy (non-hydrogen) atoms. The van der Waals surface area contributed by atoms with Crippen LogP contribution in [0.2, 0.25) is 0 Å². The summed E-state index contributed by atoms with van der Waals surface area (Å²) in [6.07, 6.45) is 2.63. The van der Waals surface area contributed by atoms with E-state index in [-0.39, 0.29) is 5.60 Å². The average molecular weight is 183 g/mol. The van der Waals surface area contributed by atoms with Gasteiger partial charge in [0, 0.05) is 13.5 Å². The van der Waals surface area contributed by atoms with E-state index in [4.69, 9.17) is 4.74 Å². The number of nitrogens with zero attached hydrogens (tertiary/aromatic N) is 3. The van der Waals surface area contributed by atoms with Gasteiger partial charge in [-0.2, -0.15) is 0 Å². The summed E-state index contributed by atoms with van der Waals surface area (Å²) in [6, 6.07) is 0. The summed E-state index contributed by atoms with van der Waals surface area (Å²) in [5.41, 5.74) is 1.04. The summed E-state index contributed by atoms with van der Waals surface area (Å²) in [5, 5.41) is 7.64. The second kappa shape index (κ2) is 3.87. The second-order valence-corrected chi connectivity index (χ2v) is 4.06. The molecule has 0 spiro atoms. The zero-order chi connectivity index (χ0) is 9.90. The molecule has 0 fully saturated rings. The van der Waals surface area contributed by atoms with E-state index in [1.165, 1.54) is 0 Å². The number of rotatable bonds is 3. The molecule has 0 radical (unpaired) electrons. The second-order valence-electron chi connectivity index (χ2n) is 4.06. The van der Waals surface area contributed by atoms with Gasteiger partial charge in [0.25, 0.3) is 0 Å². The Bertz CT molecular complexity index is 262. The van der Waals surface area contributed by atoms with Crippen molar-refractivity contribution in [2.45, 2.75) is 32.8 Å². The molecule has 1 aromatic rings. The highest BCUT2D eigenvalue weighted by Gasteiger charge is 2.10. The number of aromatic nitrogens is 3. The van der Waals surface area contributed by atoms with Gasteiger partial charge in [-0.3, -0.25) is 4.68 Å². The fraction of sp³-hybridized carbons (Fsp3) is 0.778. The monoisotopic (exact) mass is 183 g/mol. The molecule has 4 heteroatoms. The van der Waals surface area contributed by atoms with Crippen LogP contribution in [0.3, 0.4) is 0 Å². The molecule has 0 saturated heterocycles. The third kappa shape index (κ3) is 3.55. The molecular formula is C9H17N3O. The number of hydrogen-bond acceptors (Lipinski definition) is 3. The minimum Gasteiger partial charge on any atom is -0.375 e. The molecule has 0 saturated carbocycles. The third-order valence-corrected chi connectivity index (χ3v) is 1.70. The predicted molar refractivity (Wildman–Crippen MR) is 50.4 cm³/mol. The van der Waals surface area contributed by atoms with Crippen molar-refractivity contribution < 1.29 is 4.74 Å². The van der Waals surface area contributed by atoms with Crippen molar-refractivity contribution in [3.63, 3.8) is 0 Å². The van der Waals surface area contributed by atoms with Gasteiger partial charge in [-0.25, -0.2) is 0 Å². The number of hydrogen-bond donors (Lipinski definition) is 0. The molecule has 1 aromatic heterocycles. The fourth-order valence-electron chi connectivity index (χ4n) is 0.999. The Morgan fingerprint density at radius 2 is 2.15 bits per heavy atom. The molecular weight excluding hydrogens is 166 g/mol. The van der Waals surface area contributed by atoms with Gasteiger partial charge in [0.2, 0.25) is 0 Å². The first-order valence-corrected chi connectivity index (χ1v) is 4.46. The van der Waals surface area contributed by atoms with Crippen LogP contribution in [0.25, 0.3) is 0 Å². The maximum absolute atomic E-state index is 5.59. The lowest BCUT2D eigenvalue weighted by Crippen LogP contribution is -2.21. The molecule has 0 N–H and O–H groups in total. The Morgan fingerprint density at radius 3 is 2.62 bits per heavy atom. The third-order valence-electron chi connectivity index (χ3n) is 1.70. The van der Waals surface area contributed by atoms with E-state index in [1.54, 1.807) is 10.9 Å². The van der Waals surface area contributed by atoms with Crippen LogP contribution in [-0.4, -0.2) is 27.2 Å². The van der Waals surface area contributed by atoms with Crippen molar-refractivity contribution in [1.29, 1.82) is 0 Å². The van der Waals surface area contributed by atoms with E-state index in [1.807, 2.05) is 7.05 Å². The molecule has 4 nitrogen and oxygen atoms in total. The van der Waals surface area contributed by atoms with Crippen LogP contribution in [0.1, 0.15) is 26.5 Å². The predicted octanol–water partition coefficient (Wildman–Crippen LogP) is 1.17. The lowest BCUT2D eigenvalue weighted by atomic mass is 10.2. The maximum Gasteiger partial charge on any atom is 0.0725 e. The SMILES string of the molecule is Cn1nncc1CCOC(C)(C)C. The van der Waals surface area contributed by atoms with Crippen molar-refractivity contribution in [2.24, 2.45) is 7.05 Å². The summed E-state index contributed by atoms with van der Waals surface area (Å²) in [4.78, 5) is 0. The van der Waals surface area contributed by atoms with Crippen molar-refractivity contribution in [2.75, 3.05) is 6.61 Å². The van der Waals surface area contributed by atoms with Crippen LogP contribution in [0.4, 0.5) is 0 Å². The molecule has 0 atom stereocenters. The van der Waals surface area contributed by atoms with Crippen molar-refractivity contribution in [3.8, 4) is 0 Å². The lowest BCUT2D eigenvalue weighted by Gasteiger charge is -2.19. The van der Waals surface area contributed by atoms with Gasteiger partial charge >= 0.3 is 0 Å². The van der Waals surface area contributed by atoms with Crippen LogP contribution in [0, 0.1) is 0 Å². The smallest absolute Gasteiger partial charge is 0.0725 e. The molecule has 0 aromatic carbocycles. The molecule has 0 aliphatic rings. The van der Waals surface area contributed by atoms with Gasteiger partial charge in [0.15, 0.2) is 0 Å². The Balaban J connectivity index is 2.32. The molecule has 0 aliphatic heterocycles. The summed E-state index contributed by atoms with van der Waals surface area (Å²) < 4.78 is 7.36. The van der Waals surface area contributed by atoms with Crippen LogP contribution in [-0.2, 0) is 18.2 Å². The molecule has 1 rings (SSSR count). The van der Waals surface area contributed by atoms with Crippen LogP contribution in [0.15, 0.2) is 6.20 Å². The van der Waals surface area contributed by atoms with Gasteiger partial charge < -0.3 is 4.74 Å². The fourth-order valence-corrected chi connectivity index (χ4v) is 0.999. The number of aryl methyl sites for hydroxylation is 1. The van der Waals surface area contributed by atoms with E-state index in [0.29, 0.717) is 6.61 Å². The van der Waals surface area contributed by atoms with E-state index >= 15 is 0 Å². The maximum atomic E-state index is 5.59. The lowest BCUT2D eigenvalue weighted by molar-refractivity contribution is -0.00153. The highest BCUT2D eigenvalue weighted by atomic mass is 16.5. The minimum absolute atomic E-state index is 0.0635. The first-order chi connectivity index (χ1) is 5.99. The van der Waals surface area contributed by atoms with Gasteiger partial charge in [-0.1, -0.05) is 5.21 Å². The van der Waals surface area contributed by atoms with Crippen molar-refractivity contribution >= 4 is 0 Å². The highest BCUT2D eigenvalue weighted by Crippen LogP contribution is 2.07. The minimum atomic E-state index is -0.0635. The van der Waals surface area contributed by atoms with E-state index in [2.05, 4.69) is 31.1 Å². The summed E-state index contributed by atoms with van der Waals surface area (Å²) in [5.74, 6) is 0. The van der Waals surface area contributed by atoms with E-state index in [9.17, 15) is 0 Å². The molecule has 0 bridgehead atoms. The number of ether oxygens (including phenoxy) is 1. The first kappa shape index (κ1) is 10.2. The summed E-state index contributed by atoms with van der Waals surface area (Å²) in [6.45, 7) is 6.86. The Kier molecular flexibility index (Phi) is 3.03. The van der Waals surface area contributed by atoms with Gasteiger partial charge in [0.05, 0.1) is 24.1 Å². The zero-order valence-electron chi connectivity index (χ0n) is 8.74. The van der Waals surface area contributed by atoms with Crippen LogP contribution < -0.4 is 0 Å². The normalized spacial score (nSPS) is 12.0. The van der Waals surface area contributed by atoms with Gasteiger partial charge in [-0.05, 0) is 20.8 Å². The highest BCUT2D eigenvalue weighted by molar-refractivity contribution is 4.92. The molecule has 0 aliphatic carbocycles. The van der Waals surface area contributed by atoms with Crippen LogP contribution >= 0.6 is 0 Å². The average Bonchev–Trinajstić information content (AvgIpc) is 2.34. The van der Waals surface area contributed by atoms with Gasteiger partial charge in [-0.15, -0.1) is 5.10 Å². The Morgan fingerprint density at radius 1 is 1.46 bits per heavy atom. The quantitative estimate of drug-likeness (QED) is 0.706. The van der Waals surface area contributed by atoms with Gasteiger partial charge in [0.1, 0.15) is 0 Å². The van der Waals surface area contributed by atoms with Crippen LogP contribution in [0.5, 0.6) is 0 Å². The molecule has 74 valence electrons. The molecule has 0 unspecified atom stereocenters. The molecule has 1 heterocycles. The largest absolute Gasteiger partial charge is 0.375 e. The van der Waals surface area contributed by atoms with E-state index in [0.717, 1.165) is 12.1 Å². The Labute approximate surface area is 78.9 Å². The zero-order valence-corrected chi connectivity index (χ0v) is 8.74. The van der Waals surface area contributed by atoms with Crippen molar-refractivity contribution in [3.05, 3.63) is 11.9 Å². The summed E-state index contributed by atoms with van der Waals surface area (Å²) >= 11 is 0. The van der Waals surface area contributed by atoms with E-state index < -0.39 is 0 Å². The first-order valence-electron chi connectivity index (χ1n) is 4.46. The Hall–Kier alpha value is -0.900. The molecule has 0 amide bonds. The van der Waals surface area contributed by atoms with Crippen molar-refractivity contribution in [1.82, 2.24) is 15.0 Å². The summed E-state index contributed by atoms with van der Waals surface area (Å²) in [7, 11) is 1.89. The topological polar surface area (TPSA) is 39.9 Å². The standard InChI is InChI=1S/C9H17N3O/c1-9(2,3)13-6-5-8-7-10-11-12(8)4/h7H,5-6H2,1-4H3.